The minimum absolute atomic E-state index is 0.332. The highest BCUT2D eigenvalue weighted by Crippen LogP contribution is 2.39. The van der Waals surface area contributed by atoms with Crippen LogP contribution in [-0.2, 0) is 4.79 Å². The van der Waals surface area contributed by atoms with Crippen LogP contribution >= 0.6 is 0 Å². The fraction of sp³-hybridized carbons (Fsp3) is 0.769. The van der Waals surface area contributed by atoms with Gasteiger partial charge >= 0.3 is 0 Å². The van der Waals surface area contributed by atoms with E-state index in [1.807, 2.05) is 6.08 Å². The Hall–Kier alpha value is -0.590. The van der Waals surface area contributed by atoms with Crippen molar-refractivity contribution in [2.24, 2.45) is 11.3 Å². The largest absolute Gasteiger partial charge is 0.299 e. The van der Waals surface area contributed by atoms with E-state index in [9.17, 15) is 4.79 Å². The van der Waals surface area contributed by atoms with Crippen LogP contribution in [0.25, 0.3) is 0 Å². The highest BCUT2D eigenvalue weighted by atomic mass is 16.1. The summed E-state index contributed by atoms with van der Waals surface area (Å²) in [6, 6.07) is 0. The van der Waals surface area contributed by atoms with Crippen LogP contribution in [0.15, 0.2) is 12.7 Å². The number of hydrogen-bond donors (Lipinski definition) is 0. The molecule has 80 valence electrons. The molecule has 1 aliphatic rings. The molecule has 0 saturated heterocycles. The van der Waals surface area contributed by atoms with E-state index >= 15 is 0 Å². The lowest BCUT2D eigenvalue weighted by Crippen LogP contribution is -2.27. The normalized spacial score (nSPS) is 25.7. The lowest BCUT2D eigenvalue weighted by molar-refractivity contribution is -0.124. The Labute approximate surface area is 87.6 Å². The quantitative estimate of drug-likeness (QED) is 0.623. The molecule has 0 N–H and O–H groups in total. The van der Waals surface area contributed by atoms with Gasteiger partial charge in [-0.1, -0.05) is 26.3 Å². The van der Waals surface area contributed by atoms with Gasteiger partial charge in [-0.25, -0.2) is 0 Å². The van der Waals surface area contributed by atoms with E-state index < -0.39 is 0 Å². The third-order valence-electron chi connectivity index (χ3n) is 3.26. The Morgan fingerprint density at radius 1 is 1.57 bits per heavy atom. The Morgan fingerprint density at radius 2 is 2.29 bits per heavy atom. The highest BCUT2D eigenvalue weighted by molar-refractivity contribution is 5.81. The summed E-state index contributed by atoms with van der Waals surface area (Å²) >= 11 is 0. The van der Waals surface area contributed by atoms with E-state index in [0.29, 0.717) is 23.5 Å². The summed E-state index contributed by atoms with van der Waals surface area (Å²) in [4.78, 5) is 11.8. The molecule has 1 heteroatoms. The first-order valence-corrected chi connectivity index (χ1v) is 5.69. The van der Waals surface area contributed by atoms with Crippen LogP contribution in [0.5, 0.6) is 0 Å². The molecule has 1 saturated carbocycles. The lowest BCUT2D eigenvalue weighted by atomic mass is 9.70. The van der Waals surface area contributed by atoms with Crippen LogP contribution in [0.2, 0.25) is 0 Å². The standard InChI is InChI=1S/C13H22O/c1-4-5-8-12(14)11-7-6-9-13(2,3)10-11/h4,11H,1,5-10H2,2-3H3/t11-/m0/s1. The first kappa shape index (κ1) is 11.5. The average Bonchev–Trinajstić information content (AvgIpc) is 2.12. The molecule has 1 rings (SSSR count). The number of rotatable bonds is 4. The molecule has 1 fully saturated rings. The smallest absolute Gasteiger partial charge is 0.136 e. The van der Waals surface area contributed by atoms with E-state index in [1.54, 1.807) is 0 Å². The van der Waals surface area contributed by atoms with Crippen LogP contribution in [0.1, 0.15) is 52.4 Å². The minimum Gasteiger partial charge on any atom is -0.299 e. The maximum Gasteiger partial charge on any atom is 0.136 e. The first-order chi connectivity index (χ1) is 6.55. The average molecular weight is 194 g/mol. The maximum absolute atomic E-state index is 11.8. The fourth-order valence-corrected chi connectivity index (χ4v) is 2.42. The minimum atomic E-state index is 0.332. The van der Waals surface area contributed by atoms with Gasteiger partial charge < -0.3 is 0 Å². The molecule has 0 aromatic rings. The maximum atomic E-state index is 11.8. The summed E-state index contributed by atoms with van der Waals surface area (Å²) in [6.07, 6.45) is 8.07. The third kappa shape index (κ3) is 3.28. The molecule has 0 spiro atoms. The fourth-order valence-electron chi connectivity index (χ4n) is 2.42. The van der Waals surface area contributed by atoms with Crippen LogP contribution < -0.4 is 0 Å². The molecular weight excluding hydrogens is 172 g/mol. The number of Topliss-reactive ketones (excluding diaryl/α,β-unsaturated/α-hetero) is 1. The van der Waals surface area contributed by atoms with Crippen LogP contribution in [0, 0.1) is 11.3 Å². The Bertz CT molecular complexity index is 215. The molecule has 1 aliphatic carbocycles. The number of allylic oxidation sites excluding steroid dienone is 1. The molecule has 0 radical (unpaired) electrons. The van der Waals surface area contributed by atoms with Gasteiger partial charge in [-0.05, 0) is 31.1 Å². The molecule has 1 atom stereocenters. The molecule has 14 heavy (non-hydrogen) atoms. The number of ketones is 1. The van der Waals surface area contributed by atoms with E-state index in [2.05, 4.69) is 20.4 Å². The van der Waals surface area contributed by atoms with Gasteiger partial charge in [0.05, 0.1) is 0 Å². The molecule has 0 aromatic heterocycles. The summed E-state index contributed by atoms with van der Waals surface area (Å²) in [7, 11) is 0. The van der Waals surface area contributed by atoms with Crippen molar-refractivity contribution in [3.05, 3.63) is 12.7 Å². The second-order valence-electron chi connectivity index (χ2n) is 5.25. The predicted octanol–water partition coefficient (Wildman–Crippen LogP) is 3.74. The van der Waals surface area contributed by atoms with Crippen molar-refractivity contribution in [1.29, 1.82) is 0 Å². The molecule has 0 unspecified atom stereocenters. The van der Waals surface area contributed by atoms with Crippen molar-refractivity contribution < 1.29 is 4.79 Å². The number of carbonyl (C=O) groups is 1. The zero-order valence-corrected chi connectivity index (χ0v) is 9.51. The van der Waals surface area contributed by atoms with Crippen LogP contribution in [0.4, 0.5) is 0 Å². The molecule has 1 nitrogen and oxygen atoms in total. The van der Waals surface area contributed by atoms with E-state index in [1.165, 1.54) is 12.8 Å². The van der Waals surface area contributed by atoms with Crippen molar-refractivity contribution in [3.63, 3.8) is 0 Å². The summed E-state index contributed by atoms with van der Waals surface area (Å²) in [6.45, 7) is 8.21. The third-order valence-corrected chi connectivity index (χ3v) is 3.26. The Balaban J connectivity index is 2.43. The summed E-state index contributed by atoms with van der Waals surface area (Å²) in [5.41, 5.74) is 0.382. The Kier molecular flexibility index (Phi) is 3.91. The molecule has 0 amide bonds. The number of carbonyl (C=O) groups excluding carboxylic acids is 1. The van der Waals surface area contributed by atoms with Crippen molar-refractivity contribution in [1.82, 2.24) is 0 Å². The number of hydrogen-bond acceptors (Lipinski definition) is 1. The molecule has 0 aromatic carbocycles. The lowest BCUT2D eigenvalue weighted by Gasteiger charge is -2.34. The van der Waals surface area contributed by atoms with E-state index in [-0.39, 0.29) is 0 Å². The second kappa shape index (κ2) is 4.77. The summed E-state index contributed by atoms with van der Waals surface area (Å²) in [5, 5.41) is 0. The van der Waals surface area contributed by atoms with E-state index in [4.69, 9.17) is 0 Å². The van der Waals surface area contributed by atoms with Gasteiger partial charge in [-0.2, -0.15) is 0 Å². The zero-order valence-electron chi connectivity index (χ0n) is 9.51. The van der Waals surface area contributed by atoms with Crippen molar-refractivity contribution in [3.8, 4) is 0 Å². The SMILES string of the molecule is C=CCCC(=O)[C@H]1CCCC(C)(C)C1. The summed E-state index contributed by atoms with van der Waals surface area (Å²) < 4.78 is 0. The van der Waals surface area contributed by atoms with Gasteiger partial charge in [0, 0.05) is 12.3 Å². The second-order valence-corrected chi connectivity index (χ2v) is 5.25. The van der Waals surface area contributed by atoms with Gasteiger partial charge in [0.2, 0.25) is 0 Å². The predicted molar refractivity (Wildman–Crippen MR) is 60.2 cm³/mol. The Morgan fingerprint density at radius 3 is 2.86 bits per heavy atom. The molecule has 0 heterocycles. The van der Waals surface area contributed by atoms with Gasteiger partial charge in [0.25, 0.3) is 0 Å². The van der Waals surface area contributed by atoms with Gasteiger partial charge in [-0.15, -0.1) is 6.58 Å². The molecule has 0 bridgehead atoms. The van der Waals surface area contributed by atoms with Crippen LogP contribution in [0.3, 0.4) is 0 Å². The van der Waals surface area contributed by atoms with Crippen molar-refractivity contribution >= 4 is 5.78 Å². The van der Waals surface area contributed by atoms with Gasteiger partial charge in [0.15, 0.2) is 0 Å². The van der Waals surface area contributed by atoms with Crippen LogP contribution in [-0.4, -0.2) is 5.78 Å². The summed E-state index contributed by atoms with van der Waals surface area (Å²) in [5.74, 6) is 0.788. The molecule has 0 aliphatic heterocycles. The van der Waals surface area contributed by atoms with Crippen molar-refractivity contribution in [2.45, 2.75) is 52.4 Å². The van der Waals surface area contributed by atoms with Gasteiger partial charge in [0.1, 0.15) is 5.78 Å². The first-order valence-electron chi connectivity index (χ1n) is 5.69. The monoisotopic (exact) mass is 194 g/mol. The van der Waals surface area contributed by atoms with Crippen molar-refractivity contribution in [2.75, 3.05) is 0 Å². The highest BCUT2D eigenvalue weighted by Gasteiger charge is 2.31. The molecular formula is C13H22O. The van der Waals surface area contributed by atoms with Gasteiger partial charge in [-0.3, -0.25) is 4.79 Å². The zero-order chi connectivity index (χ0) is 10.6. The van der Waals surface area contributed by atoms with E-state index in [0.717, 1.165) is 19.3 Å². The topological polar surface area (TPSA) is 17.1 Å².